The van der Waals surface area contributed by atoms with Gasteiger partial charge in [0.1, 0.15) is 0 Å². The lowest BCUT2D eigenvalue weighted by molar-refractivity contribution is -0.140. The normalized spacial score (nSPS) is 21.0. The summed E-state index contributed by atoms with van der Waals surface area (Å²) in [5.41, 5.74) is 4.65. The van der Waals surface area contributed by atoms with Crippen LogP contribution in [-0.4, -0.2) is 25.2 Å². The van der Waals surface area contributed by atoms with E-state index in [-0.39, 0.29) is 24.4 Å². The maximum absolute atomic E-state index is 13.7. The second-order valence-corrected chi connectivity index (χ2v) is 10.4. The number of ketones is 1. The number of hydrogen-bond acceptors (Lipinski definition) is 6. The van der Waals surface area contributed by atoms with Gasteiger partial charge in [0.25, 0.3) is 0 Å². The summed E-state index contributed by atoms with van der Waals surface area (Å²) >= 11 is 6.62. The van der Waals surface area contributed by atoms with E-state index < -0.39 is 11.9 Å². The van der Waals surface area contributed by atoms with Gasteiger partial charge >= 0.3 is 5.97 Å². The molecule has 2 aliphatic heterocycles. The summed E-state index contributed by atoms with van der Waals surface area (Å²) < 4.78 is 16.6. The summed E-state index contributed by atoms with van der Waals surface area (Å²) in [7, 11) is 0. The van der Waals surface area contributed by atoms with Crippen molar-refractivity contribution in [2.75, 3.05) is 13.4 Å². The van der Waals surface area contributed by atoms with Crippen molar-refractivity contribution < 1.29 is 23.8 Å². The first-order valence-electron chi connectivity index (χ1n) is 12.4. The van der Waals surface area contributed by atoms with E-state index >= 15 is 0 Å². The van der Waals surface area contributed by atoms with Crippen LogP contribution in [0.15, 0.2) is 65.0 Å². The highest BCUT2D eigenvalue weighted by Gasteiger charge is 2.41. The van der Waals surface area contributed by atoms with Crippen molar-refractivity contribution in [3.63, 3.8) is 0 Å². The van der Waals surface area contributed by atoms with Gasteiger partial charge < -0.3 is 19.5 Å². The number of Topliss-reactive ketones (excluding diaryl/α,β-unsaturated/α-hetero) is 1. The van der Waals surface area contributed by atoms with E-state index in [0.29, 0.717) is 59.2 Å². The Bertz CT molecular complexity index is 1260. The molecule has 1 aliphatic carbocycles. The molecule has 2 unspecified atom stereocenters. The molecule has 0 saturated heterocycles. The summed E-state index contributed by atoms with van der Waals surface area (Å²) in [6.45, 7) is 6.31. The number of dihydropyridines is 1. The minimum absolute atomic E-state index is 0.0427. The molecule has 5 rings (SSSR count). The quantitative estimate of drug-likeness (QED) is 0.505. The van der Waals surface area contributed by atoms with Crippen molar-refractivity contribution in [2.45, 2.75) is 46.0 Å². The predicted octanol–water partition coefficient (Wildman–Crippen LogP) is 5.70. The van der Waals surface area contributed by atoms with Crippen LogP contribution in [0.25, 0.3) is 0 Å². The lowest BCUT2D eigenvalue weighted by Crippen LogP contribution is -2.38. The third kappa shape index (κ3) is 4.74. The molecule has 6 nitrogen and oxygen atoms in total. The standard InChI is InChI=1S/C29H30ClNO5/c1-16(2)14-34-29(33)27-17(3)31-23-10-19(18-7-5-4-6-8-18)11-24(32)28(23)21(27)9-20-12-25-26(13-22(20)30)36-15-35-25/h4-8,12-13,16,19,21,31H,9-11,14-15H2,1-3H3. The molecule has 0 saturated carbocycles. The van der Waals surface area contributed by atoms with Crippen molar-refractivity contribution in [3.8, 4) is 11.5 Å². The van der Waals surface area contributed by atoms with E-state index in [0.717, 1.165) is 16.8 Å². The zero-order valence-corrected chi connectivity index (χ0v) is 21.5. The summed E-state index contributed by atoms with van der Waals surface area (Å²) in [4.78, 5) is 27.0. The maximum atomic E-state index is 13.7. The van der Waals surface area contributed by atoms with Crippen molar-refractivity contribution in [3.05, 3.63) is 81.2 Å². The molecule has 7 heteroatoms. The van der Waals surface area contributed by atoms with E-state index in [4.69, 9.17) is 25.8 Å². The highest BCUT2D eigenvalue weighted by atomic mass is 35.5. The van der Waals surface area contributed by atoms with Crippen LogP contribution < -0.4 is 14.8 Å². The van der Waals surface area contributed by atoms with Crippen LogP contribution in [0.2, 0.25) is 5.02 Å². The topological polar surface area (TPSA) is 73.9 Å². The van der Waals surface area contributed by atoms with Gasteiger partial charge in [-0.25, -0.2) is 4.79 Å². The highest BCUT2D eigenvalue weighted by Crippen LogP contribution is 2.44. The molecule has 0 spiro atoms. The van der Waals surface area contributed by atoms with Gasteiger partial charge in [-0.15, -0.1) is 0 Å². The molecular weight excluding hydrogens is 478 g/mol. The average molecular weight is 508 g/mol. The molecular formula is C29H30ClNO5. The van der Waals surface area contributed by atoms with E-state index in [1.807, 2.05) is 45.0 Å². The molecule has 0 bridgehead atoms. The molecule has 2 aromatic carbocycles. The minimum Gasteiger partial charge on any atom is -0.462 e. The van der Waals surface area contributed by atoms with Gasteiger partial charge in [0, 0.05) is 40.4 Å². The molecule has 3 aliphatic rings. The average Bonchev–Trinajstić information content (AvgIpc) is 3.30. The molecule has 0 aromatic heterocycles. The minimum atomic E-state index is -0.469. The fraction of sp³-hybridized carbons (Fsp3) is 0.379. The van der Waals surface area contributed by atoms with Gasteiger partial charge in [0.05, 0.1) is 12.2 Å². The number of nitrogens with one attached hydrogen (secondary N) is 1. The molecule has 2 atom stereocenters. The third-order valence-electron chi connectivity index (χ3n) is 6.95. The van der Waals surface area contributed by atoms with Crippen molar-refractivity contribution >= 4 is 23.4 Å². The number of carbonyl (C=O) groups is 2. The molecule has 0 fully saturated rings. The van der Waals surface area contributed by atoms with Crippen molar-refractivity contribution in [1.29, 1.82) is 0 Å². The predicted molar refractivity (Wildman–Crippen MR) is 137 cm³/mol. The monoisotopic (exact) mass is 507 g/mol. The van der Waals surface area contributed by atoms with Crippen LogP contribution in [0, 0.1) is 11.8 Å². The zero-order valence-electron chi connectivity index (χ0n) is 20.7. The Morgan fingerprint density at radius 3 is 2.58 bits per heavy atom. The fourth-order valence-electron chi connectivity index (χ4n) is 5.27. The Morgan fingerprint density at radius 2 is 1.86 bits per heavy atom. The smallest absolute Gasteiger partial charge is 0.336 e. The van der Waals surface area contributed by atoms with Gasteiger partial charge in [-0.1, -0.05) is 55.8 Å². The summed E-state index contributed by atoms with van der Waals surface area (Å²) in [5.74, 6) is 0.662. The molecule has 0 amide bonds. The van der Waals surface area contributed by atoms with Crippen LogP contribution in [0.5, 0.6) is 11.5 Å². The van der Waals surface area contributed by atoms with Crippen LogP contribution in [-0.2, 0) is 20.7 Å². The molecule has 2 aromatic rings. The van der Waals surface area contributed by atoms with Crippen molar-refractivity contribution in [2.24, 2.45) is 11.8 Å². The number of fused-ring (bicyclic) bond motifs is 1. The van der Waals surface area contributed by atoms with E-state index in [1.165, 1.54) is 0 Å². The van der Waals surface area contributed by atoms with Crippen LogP contribution in [0.1, 0.15) is 50.7 Å². The third-order valence-corrected chi connectivity index (χ3v) is 7.30. The zero-order chi connectivity index (χ0) is 25.4. The van der Waals surface area contributed by atoms with E-state index in [2.05, 4.69) is 17.4 Å². The van der Waals surface area contributed by atoms with Crippen LogP contribution >= 0.6 is 11.6 Å². The maximum Gasteiger partial charge on any atom is 0.336 e. The van der Waals surface area contributed by atoms with Gasteiger partial charge in [-0.3, -0.25) is 4.79 Å². The lowest BCUT2D eigenvalue weighted by atomic mass is 9.72. The second kappa shape index (κ2) is 10.0. The number of carbonyl (C=O) groups excluding carboxylic acids is 2. The summed E-state index contributed by atoms with van der Waals surface area (Å²) in [6, 6.07) is 13.7. The first-order valence-corrected chi connectivity index (χ1v) is 12.7. The van der Waals surface area contributed by atoms with Gasteiger partial charge in [0.2, 0.25) is 6.79 Å². The van der Waals surface area contributed by atoms with Gasteiger partial charge in [0.15, 0.2) is 17.3 Å². The number of hydrogen-bond donors (Lipinski definition) is 1. The van der Waals surface area contributed by atoms with Gasteiger partial charge in [-0.05, 0) is 48.8 Å². The van der Waals surface area contributed by atoms with Crippen LogP contribution in [0.4, 0.5) is 0 Å². The number of allylic oxidation sites excluding steroid dienone is 3. The number of halogens is 1. The number of rotatable bonds is 6. The Hall–Kier alpha value is -3.25. The van der Waals surface area contributed by atoms with Crippen molar-refractivity contribution in [1.82, 2.24) is 5.32 Å². The highest BCUT2D eigenvalue weighted by molar-refractivity contribution is 6.31. The first-order chi connectivity index (χ1) is 17.3. The molecule has 188 valence electrons. The fourth-order valence-corrected chi connectivity index (χ4v) is 5.50. The Labute approximate surface area is 216 Å². The Balaban J connectivity index is 1.53. The largest absolute Gasteiger partial charge is 0.462 e. The molecule has 36 heavy (non-hydrogen) atoms. The lowest BCUT2D eigenvalue weighted by Gasteiger charge is -2.36. The number of benzene rings is 2. The molecule has 2 heterocycles. The summed E-state index contributed by atoms with van der Waals surface area (Å²) in [5, 5.41) is 3.91. The second-order valence-electron chi connectivity index (χ2n) is 10.0. The first kappa shape index (κ1) is 24.4. The molecule has 1 N–H and O–H groups in total. The van der Waals surface area contributed by atoms with E-state index in [9.17, 15) is 9.59 Å². The number of esters is 1. The number of ether oxygens (including phenoxy) is 3. The summed E-state index contributed by atoms with van der Waals surface area (Å²) in [6.07, 6.45) is 1.46. The van der Waals surface area contributed by atoms with E-state index in [1.54, 1.807) is 6.07 Å². The SMILES string of the molecule is CC1=C(C(=O)OCC(C)C)C(Cc2cc3c(cc2Cl)OCO3)C2=C(CC(c3ccccc3)CC2=O)N1. The van der Waals surface area contributed by atoms with Gasteiger partial charge in [-0.2, -0.15) is 0 Å². The Kier molecular flexibility index (Phi) is 6.80. The Morgan fingerprint density at radius 1 is 1.14 bits per heavy atom. The molecule has 0 radical (unpaired) electrons. The van der Waals surface area contributed by atoms with Crippen LogP contribution in [0.3, 0.4) is 0 Å².